The highest BCUT2D eigenvalue weighted by Gasteiger charge is 2.09. The van der Waals surface area contributed by atoms with Crippen molar-refractivity contribution in [2.75, 3.05) is 19.7 Å². The zero-order chi connectivity index (χ0) is 7.40. The van der Waals surface area contributed by atoms with Crippen LogP contribution < -0.4 is 5.32 Å². The van der Waals surface area contributed by atoms with Gasteiger partial charge in [-0.25, -0.2) is 0 Å². The quantitative estimate of drug-likeness (QED) is 0.600. The van der Waals surface area contributed by atoms with Crippen molar-refractivity contribution in [1.82, 2.24) is 5.32 Å². The molecule has 0 saturated carbocycles. The first-order valence-corrected chi connectivity index (χ1v) is 4.26. The fourth-order valence-electron chi connectivity index (χ4n) is 0.683. The van der Waals surface area contributed by atoms with E-state index in [1.54, 1.807) is 11.8 Å². The number of amidine groups is 1. The Hall–Kier alpha value is -0.220. The van der Waals surface area contributed by atoms with Gasteiger partial charge in [0.1, 0.15) is 0 Å². The summed E-state index contributed by atoms with van der Waals surface area (Å²) in [7, 11) is 0. The lowest BCUT2D eigenvalue weighted by Gasteiger charge is -2.06. The Bertz CT molecular complexity index is 138. The molecule has 0 aliphatic carbocycles. The van der Waals surface area contributed by atoms with E-state index in [4.69, 9.17) is 5.11 Å². The van der Waals surface area contributed by atoms with Crippen LogP contribution in [0.3, 0.4) is 0 Å². The van der Waals surface area contributed by atoms with Gasteiger partial charge >= 0.3 is 0 Å². The minimum absolute atomic E-state index is 0.214. The predicted molar refractivity (Wildman–Crippen MR) is 44.4 cm³/mol. The standard InChI is InChI=1S/C6H12N2OS/c1-5(4-9)10-6-7-2-3-8-6/h5,9H,2-4H2,1H3,(H,7,8). The Kier molecular flexibility index (Phi) is 3.02. The molecule has 3 nitrogen and oxygen atoms in total. The van der Waals surface area contributed by atoms with Gasteiger partial charge in [-0.3, -0.25) is 4.99 Å². The second-order valence-corrected chi connectivity index (χ2v) is 3.65. The third-order valence-corrected chi connectivity index (χ3v) is 2.26. The molecule has 1 aliphatic rings. The average Bonchev–Trinajstić information content (AvgIpc) is 2.40. The van der Waals surface area contributed by atoms with Crippen molar-refractivity contribution >= 4 is 16.9 Å². The van der Waals surface area contributed by atoms with E-state index in [1.807, 2.05) is 6.92 Å². The molecular weight excluding hydrogens is 148 g/mol. The summed E-state index contributed by atoms with van der Waals surface area (Å²) in [5.74, 6) is 0. The molecule has 0 amide bonds. The molecule has 1 heterocycles. The van der Waals surface area contributed by atoms with Gasteiger partial charge in [-0.2, -0.15) is 0 Å². The van der Waals surface area contributed by atoms with Gasteiger partial charge in [0.2, 0.25) is 0 Å². The summed E-state index contributed by atoms with van der Waals surface area (Å²) >= 11 is 1.60. The highest BCUT2D eigenvalue weighted by molar-refractivity contribution is 8.14. The highest BCUT2D eigenvalue weighted by Crippen LogP contribution is 2.11. The van der Waals surface area contributed by atoms with Crippen LogP contribution >= 0.6 is 11.8 Å². The van der Waals surface area contributed by atoms with Gasteiger partial charge in [0, 0.05) is 11.8 Å². The van der Waals surface area contributed by atoms with Gasteiger partial charge in [-0.1, -0.05) is 18.7 Å². The van der Waals surface area contributed by atoms with Crippen molar-refractivity contribution in [2.45, 2.75) is 12.2 Å². The predicted octanol–water partition coefficient (Wildman–Crippen LogP) is 0.0596. The Morgan fingerprint density at radius 3 is 3.20 bits per heavy atom. The van der Waals surface area contributed by atoms with Crippen LogP contribution in [0.5, 0.6) is 0 Å². The van der Waals surface area contributed by atoms with Crippen molar-refractivity contribution < 1.29 is 5.11 Å². The summed E-state index contributed by atoms with van der Waals surface area (Å²) in [4.78, 5) is 4.18. The fraction of sp³-hybridized carbons (Fsp3) is 0.833. The molecular formula is C6H12N2OS. The number of aliphatic hydroxyl groups excluding tert-OH is 1. The Balaban J connectivity index is 2.23. The molecule has 0 spiro atoms. The maximum Gasteiger partial charge on any atom is 0.157 e. The molecule has 10 heavy (non-hydrogen) atoms. The SMILES string of the molecule is CC(CO)SC1=NCCN1. The van der Waals surface area contributed by atoms with Crippen LogP contribution in [-0.4, -0.2) is 35.2 Å². The first kappa shape index (κ1) is 7.88. The first-order chi connectivity index (χ1) is 4.83. The number of hydrogen-bond acceptors (Lipinski definition) is 4. The van der Waals surface area contributed by atoms with E-state index in [9.17, 15) is 0 Å². The van der Waals surface area contributed by atoms with Gasteiger partial charge < -0.3 is 10.4 Å². The van der Waals surface area contributed by atoms with E-state index in [0.29, 0.717) is 0 Å². The van der Waals surface area contributed by atoms with Crippen molar-refractivity contribution in [1.29, 1.82) is 0 Å². The van der Waals surface area contributed by atoms with E-state index in [-0.39, 0.29) is 11.9 Å². The van der Waals surface area contributed by atoms with Crippen LogP contribution in [0.1, 0.15) is 6.92 Å². The molecule has 0 aromatic rings. The van der Waals surface area contributed by atoms with Crippen LogP contribution in [0.15, 0.2) is 4.99 Å². The molecule has 2 N–H and O–H groups in total. The maximum absolute atomic E-state index is 8.69. The maximum atomic E-state index is 8.69. The molecule has 0 aromatic heterocycles. The third-order valence-electron chi connectivity index (χ3n) is 1.21. The molecule has 1 unspecified atom stereocenters. The summed E-state index contributed by atoms with van der Waals surface area (Å²) in [5, 5.41) is 13.0. The molecule has 1 rings (SSSR count). The molecule has 0 radical (unpaired) electrons. The Labute approximate surface area is 64.9 Å². The molecule has 0 bridgehead atoms. The summed E-state index contributed by atoms with van der Waals surface area (Å²) in [6, 6.07) is 0. The Morgan fingerprint density at radius 2 is 2.70 bits per heavy atom. The lowest BCUT2D eigenvalue weighted by atomic mass is 10.5. The largest absolute Gasteiger partial charge is 0.395 e. The van der Waals surface area contributed by atoms with Crippen molar-refractivity contribution in [3.8, 4) is 0 Å². The smallest absolute Gasteiger partial charge is 0.157 e. The van der Waals surface area contributed by atoms with Gasteiger partial charge in [-0.15, -0.1) is 0 Å². The van der Waals surface area contributed by atoms with E-state index < -0.39 is 0 Å². The molecule has 1 aliphatic heterocycles. The van der Waals surface area contributed by atoms with Crippen LogP contribution in [0, 0.1) is 0 Å². The second kappa shape index (κ2) is 3.83. The molecule has 4 heteroatoms. The molecule has 0 saturated heterocycles. The molecule has 0 aromatic carbocycles. The molecule has 0 fully saturated rings. The number of nitrogens with one attached hydrogen (secondary N) is 1. The first-order valence-electron chi connectivity index (χ1n) is 3.39. The normalized spacial score (nSPS) is 20.0. The molecule has 58 valence electrons. The van der Waals surface area contributed by atoms with Crippen LogP contribution in [-0.2, 0) is 0 Å². The minimum Gasteiger partial charge on any atom is -0.395 e. The van der Waals surface area contributed by atoms with E-state index in [2.05, 4.69) is 10.3 Å². The lowest BCUT2D eigenvalue weighted by molar-refractivity contribution is 0.300. The van der Waals surface area contributed by atoms with Crippen molar-refractivity contribution in [3.63, 3.8) is 0 Å². The highest BCUT2D eigenvalue weighted by atomic mass is 32.2. The zero-order valence-electron chi connectivity index (χ0n) is 6.00. The summed E-state index contributed by atoms with van der Waals surface area (Å²) < 4.78 is 0. The summed E-state index contributed by atoms with van der Waals surface area (Å²) in [6.07, 6.45) is 0. The zero-order valence-corrected chi connectivity index (χ0v) is 6.82. The number of thioether (sulfide) groups is 1. The van der Waals surface area contributed by atoms with Gasteiger partial charge in [-0.05, 0) is 0 Å². The summed E-state index contributed by atoms with van der Waals surface area (Å²) in [6.45, 7) is 4.01. The number of rotatable bonds is 2. The fourth-order valence-corrected chi connectivity index (χ4v) is 1.49. The minimum atomic E-state index is 0.214. The van der Waals surface area contributed by atoms with Gasteiger partial charge in [0.05, 0.1) is 13.2 Å². The van der Waals surface area contributed by atoms with E-state index in [1.165, 1.54) is 0 Å². The monoisotopic (exact) mass is 160 g/mol. The number of nitrogens with zero attached hydrogens (tertiary/aromatic N) is 1. The van der Waals surface area contributed by atoms with Crippen LogP contribution in [0.25, 0.3) is 0 Å². The van der Waals surface area contributed by atoms with E-state index in [0.717, 1.165) is 18.3 Å². The van der Waals surface area contributed by atoms with Crippen LogP contribution in [0.2, 0.25) is 0 Å². The Morgan fingerprint density at radius 1 is 1.90 bits per heavy atom. The van der Waals surface area contributed by atoms with Crippen molar-refractivity contribution in [2.24, 2.45) is 4.99 Å². The van der Waals surface area contributed by atoms with Gasteiger partial charge in [0.25, 0.3) is 0 Å². The number of aliphatic hydroxyl groups is 1. The van der Waals surface area contributed by atoms with Crippen LogP contribution in [0.4, 0.5) is 0 Å². The number of hydrogen-bond donors (Lipinski definition) is 2. The second-order valence-electron chi connectivity index (χ2n) is 2.22. The number of aliphatic imine (C=N–C) groups is 1. The van der Waals surface area contributed by atoms with Crippen molar-refractivity contribution in [3.05, 3.63) is 0 Å². The molecule has 1 atom stereocenters. The average molecular weight is 160 g/mol. The lowest BCUT2D eigenvalue weighted by Crippen LogP contribution is -2.18. The summed E-state index contributed by atoms with van der Waals surface area (Å²) in [5.41, 5.74) is 0. The third kappa shape index (κ3) is 2.19. The van der Waals surface area contributed by atoms with Gasteiger partial charge in [0.15, 0.2) is 5.17 Å². The van der Waals surface area contributed by atoms with E-state index >= 15 is 0 Å². The topological polar surface area (TPSA) is 44.6 Å².